The van der Waals surface area contributed by atoms with Crippen LogP contribution in [0.25, 0.3) is 11.0 Å². The minimum Gasteiger partial charge on any atom is -0.388 e. The Morgan fingerprint density at radius 2 is 1.81 bits per heavy atom. The molecule has 1 unspecified atom stereocenters. The van der Waals surface area contributed by atoms with Gasteiger partial charge in [-0.15, -0.1) is 17.0 Å². The lowest BCUT2D eigenvalue weighted by atomic mass is 10.1. The second-order valence-corrected chi connectivity index (χ2v) is 7.91. The summed E-state index contributed by atoms with van der Waals surface area (Å²) in [5, 5.41) is 23.5. The maximum absolute atomic E-state index is 11.6. The van der Waals surface area contributed by atoms with Gasteiger partial charge < -0.3 is 24.9 Å². The standard InChI is InChI=1S/C13H17N4O8P.BrH/c1-13(2,20)12(26(23,24)25)14-5-6-3-7(17(21)22)4-8-9(6)16-11(19)10(18)15-8;/h3-4,12,14,20H,5H2,1-2H3,(H,15,18)(H,16,19)(H2,23,24,25);1H. The maximum Gasteiger partial charge on any atom is 0.345 e. The molecule has 0 aliphatic carbocycles. The van der Waals surface area contributed by atoms with Crippen molar-refractivity contribution >= 4 is 41.3 Å². The summed E-state index contributed by atoms with van der Waals surface area (Å²) in [6.45, 7) is 2.04. The van der Waals surface area contributed by atoms with Gasteiger partial charge in [0.05, 0.1) is 21.6 Å². The smallest absolute Gasteiger partial charge is 0.345 e. The SMILES string of the molecule is Br.CC(C)(O)C(NCc1cc([N+](=O)[O-])cc2[nH]c(=O)c(=O)[nH]c12)P(=O)(O)O. The molecule has 2 rings (SSSR count). The van der Waals surface area contributed by atoms with Gasteiger partial charge in [-0.05, 0) is 19.4 Å². The van der Waals surface area contributed by atoms with Crippen LogP contribution in [0.2, 0.25) is 0 Å². The van der Waals surface area contributed by atoms with Gasteiger partial charge in [-0.1, -0.05) is 0 Å². The van der Waals surface area contributed by atoms with Crippen LogP contribution in [0.4, 0.5) is 5.69 Å². The summed E-state index contributed by atoms with van der Waals surface area (Å²) in [6, 6.07) is 2.14. The van der Waals surface area contributed by atoms with Gasteiger partial charge in [0.15, 0.2) is 0 Å². The number of aliphatic hydroxyl groups is 1. The van der Waals surface area contributed by atoms with E-state index in [1.54, 1.807) is 0 Å². The number of nitrogens with one attached hydrogen (secondary N) is 3. The van der Waals surface area contributed by atoms with Crippen LogP contribution in [0.3, 0.4) is 0 Å². The van der Waals surface area contributed by atoms with Gasteiger partial charge in [0, 0.05) is 18.7 Å². The van der Waals surface area contributed by atoms with E-state index in [1.807, 2.05) is 0 Å². The average molecular weight is 469 g/mol. The Morgan fingerprint density at radius 1 is 1.26 bits per heavy atom. The molecule has 150 valence electrons. The highest BCUT2D eigenvalue weighted by Gasteiger charge is 2.40. The van der Waals surface area contributed by atoms with Gasteiger partial charge in [-0.2, -0.15) is 0 Å². The Labute approximate surface area is 161 Å². The van der Waals surface area contributed by atoms with Crippen molar-refractivity contribution in [3.63, 3.8) is 0 Å². The zero-order valence-corrected chi connectivity index (χ0v) is 16.7. The zero-order valence-electron chi connectivity index (χ0n) is 14.1. The molecule has 1 aromatic heterocycles. The first kappa shape index (κ1) is 23.1. The minimum atomic E-state index is -4.77. The predicted molar refractivity (Wildman–Crippen MR) is 101 cm³/mol. The molecule has 0 aliphatic rings. The van der Waals surface area contributed by atoms with Crippen LogP contribution in [-0.2, 0) is 11.1 Å². The van der Waals surface area contributed by atoms with Crippen molar-refractivity contribution in [3.05, 3.63) is 48.5 Å². The lowest BCUT2D eigenvalue weighted by molar-refractivity contribution is -0.384. The molecule has 0 saturated carbocycles. The molecule has 0 saturated heterocycles. The van der Waals surface area contributed by atoms with E-state index in [4.69, 9.17) is 0 Å². The monoisotopic (exact) mass is 468 g/mol. The summed E-state index contributed by atoms with van der Waals surface area (Å²) >= 11 is 0. The van der Waals surface area contributed by atoms with Crippen molar-refractivity contribution in [2.24, 2.45) is 0 Å². The molecule has 0 spiro atoms. The molecule has 12 nitrogen and oxygen atoms in total. The average Bonchev–Trinajstić information content (AvgIpc) is 2.45. The number of nitro groups is 1. The Balaban J connectivity index is 0.00000364. The lowest BCUT2D eigenvalue weighted by Gasteiger charge is -2.30. The molecule has 1 heterocycles. The number of nitro benzene ring substituents is 1. The van der Waals surface area contributed by atoms with Crippen LogP contribution in [0.5, 0.6) is 0 Å². The summed E-state index contributed by atoms with van der Waals surface area (Å²) in [6.07, 6.45) is 0. The van der Waals surface area contributed by atoms with Crippen LogP contribution in [0.15, 0.2) is 21.7 Å². The van der Waals surface area contributed by atoms with Crippen molar-refractivity contribution in [2.75, 3.05) is 0 Å². The molecule has 2 aromatic rings. The van der Waals surface area contributed by atoms with E-state index in [1.165, 1.54) is 13.8 Å². The van der Waals surface area contributed by atoms with E-state index >= 15 is 0 Å². The van der Waals surface area contributed by atoms with E-state index in [2.05, 4.69) is 15.3 Å². The molecule has 0 bridgehead atoms. The molecular formula is C13H18BrN4O8P. The number of hydrogen-bond donors (Lipinski definition) is 6. The Hall–Kier alpha value is -1.89. The predicted octanol–water partition coefficient (Wildman–Crippen LogP) is 0.0668. The van der Waals surface area contributed by atoms with E-state index in [0.717, 1.165) is 12.1 Å². The van der Waals surface area contributed by atoms with Crippen molar-refractivity contribution in [3.8, 4) is 0 Å². The first-order chi connectivity index (χ1) is 11.8. The summed E-state index contributed by atoms with van der Waals surface area (Å²) in [5.74, 6) is -1.67. The molecule has 1 atom stereocenters. The highest BCUT2D eigenvalue weighted by molar-refractivity contribution is 8.93. The van der Waals surface area contributed by atoms with Gasteiger partial charge in [0.25, 0.3) is 5.69 Å². The van der Waals surface area contributed by atoms with Gasteiger partial charge in [0.1, 0.15) is 5.78 Å². The van der Waals surface area contributed by atoms with E-state index in [9.17, 15) is 39.2 Å². The van der Waals surface area contributed by atoms with Crippen molar-refractivity contribution in [1.82, 2.24) is 15.3 Å². The molecule has 0 fully saturated rings. The number of nitrogens with zero attached hydrogens (tertiary/aromatic N) is 1. The molecule has 14 heteroatoms. The first-order valence-electron chi connectivity index (χ1n) is 7.25. The third-order valence-electron chi connectivity index (χ3n) is 3.60. The van der Waals surface area contributed by atoms with Gasteiger partial charge in [-0.25, -0.2) is 0 Å². The maximum atomic E-state index is 11.6. The number of H-pyrrole nitrogens is 2. The fourth-order valence-corrected chi connectivity index (χ4v) is 3.66. The van der Waals surface area contributed by atoms with Crippen LogP contribution < -0.4 is 16.4 Å². The molecule has 6 N–H and O–H groups in total. The van der Waals surface area contributed by atoms with E-state index in [0.29, 0.717) is 0 Å². The molecule has 27 heavy (non-hydrogen) atoms. The van der Waals surface area contributed by atoms with Gasteiger partial charge >= 0.3 is 18.7 Å². The summed E-state index contributed by atoms with van der Waals surface area (Å²) in [7, 11) is -4.77. The molecule has 1 aromatic carbocycles. The summed E-state index contributed by atoms with van der Waals surface area (Å²) in [4.78, 5) is 56.6. The lowest BCUT2D eigenvalue weighted by Crippen LogP contribution is -2.46. The van der Waals surface area contributed by atoms with Gasteiger partial charge in [0.2, 0.25) is 0 Å². The number of aromatic amines is 2. The summed E-state index contributed by atoms with van der Waals surface area (Å²) < 4.78 is 11.6. The highest BCUT2D eigenvalue weighted by Crippen LogP contribution is 2.44. The Bertz CT molecular complexity index is 1020. The Kier molecular flexibility index (Phi) is 6.86. The number of aromatic nitrogens is 2. The first-order valence-corrected chi connectivity index (χ1v) is 8.93. The van der Waals surface area contributed by atoms with E-state index < -0.39 is 40.7 Å². The zero-order chi connectivity index (χ0) is 19.9. The number of halogens is 1. The van der Waals surface area contributed by atoms with Crippen LogP contribution in [-0.4, -0.2) is 41.2 Å². The molecular weight excluding hydrogens is 451 g/mol. The van der Waals surface area contributed by atoms with Crippen LogP contribution in [0.1, 0.15) is 19.4 Å². The molecule has 0 radical (unpaired) electrons. The van der Waals surface area contributed by atoms with Crippen molar-refractivity contribution in [1.29, 1.82) is 0 Å². The minimum absolute atomic E-state index is 0. The second-order valence-electron chi connectivity index (χ2n) is 6.22. The van der Waals surface area contributed by atoms with Crippen molar-refractivity contribution < 1.29 is 24.4 Å². The Morgan fingerprint density at radius 3 is 2.30 bits per heavy atom. The number of rotatable bonds is 6. The second kappa shape index (κ2) is 8.00. The fraction of sp³-hybridized carbons (Fsp3) is 0.385. The van der Waals surface area contributed by atoms with Gasteiger partial charge in [-0.3, -0.25) is 29.6 Å². The fourth-order valence-electron chi connectivity index (χ4n) is 2.51. The molecule has 0 aliphatic heterocycles. The largest absolute Gasteiger partial charge is 0.388 e. The molecule has 0 amide bonds. The van der Waals surface area contributed by atoms with Crippen LogP contribution >= 0.6 is 24.6 Å². The number of fused-ring (bicyclic) bond motifs is 1. The number of hydrogen-bond acceptors (Lipinski definition) is 7. The number of non-ortho nitro benzene ring substituents is 1. The topological polar surface area (TPSA) is 199 Å². The third kappa shape index (κ3) is 5.31. The van der Waals surface area contributed by atoms with Crippen molar-refractivity contribution in [2.45, 2.75) is 31.8 Å². The third-order valence-corrected chi connectivity index (χ3v) is 5.09. The normalized spacial score (nSPS) is 13.2. The summed E-state index contributed by atoms with van der Waals surface area (Å²) in [5.41, 5.74) is -4.04. The van der Waals surface area contributed by atoms with Crippen LogP contribution in [0, 0.1) is 10.1 Å². The van der Waals surface area contributed by atoms with E-state index in [-0.39, 0.29) is 40.1 Å². The quantitative estimate of drug-likeness (QED) is 0.147. The highest BCUT2D eigenvalue weighted by atomic mass is 79.9. The number of benzene rings is 1.